The summed E-state index contributed by atoms with van der Waals surface area (Å²) in [4.78, 5) is 23.8. The molecule has 1 amide bonds. The minimum atomic E-state index is -0.942. The summed E-state index contributed by atoms with van der Waals surface area (Å²) in [6.45, 7) is 0.353. The highest BCUT2D eigenvalue weighted by Crippen LogP contribution is 2.21. The van der Waals surface area contributed by atoms with Gasteiger partial charge in [-0.05, 0) is 18.4 Å². The Morgan fingerprint density at radius 2 is 2.47 bits per heavy atom. The summed E-state index contributed by atoms with van der Waals surface area (Å²) >= 11 is 7.40. The quantitative estimate of drug-likeness (QED) is 0.742. The largest absolute Gasteiger partial charge is 0.480 e. The minimum absolute atomic E-state index is 0.150. The maximum Gasteiger partial charge on any atom is 0.326 e. The number of carboxylic acid groups (broad SMARTS) is 1. The predicted molar refractivity (Wildman–Crippen MR) is 60.4 cm³/mol. The lowest BCUT2D eigenvalue weighted by molar-refractivity contribution is -0.148. The first kappa shape index (κ1) is 12.6. The van der Waals surface area contributed by atoms with Crippen LogP contribution in [0.3, 0.4) is 0 Å². The number of carbonyl (C=O) groups is 2. The van der Waals surface area contributed by atoms with Gasteiger partial charge in [0.1, 0.15) is 6.04 Å². The monoisotopic (exact) mass is 251 g/mol. The summed E-state index contributed by atoms with van der Waals surface area (Å²) in [5.41, 5.74) is 0. The van der Waals surface area contributed by atoms with E-state index in [4.69, 9.17) is 16.7 Å². The number of thioether (sulfide) groups is 1. The number of nitrogens with zero attached hydrogens (tertiary/aromatic N) is 1. The molecule has 86 valence electrons. The van der Waals surface area contributed by atoms with Gasteiger partial charge in [-0.25, -0.2) is 4.79 Å². The average Bonchev–Trinajstić information content (AvgIpc) is 2.46. The summed E-state index contributed by atoms with van der Waals surface area (Å²) in [7, 11) is 0. The Balaban J connectivity index is 2.63. The zero-order valence-corrected chi connectivity index (χ0v) is 10.1. The maximum atomic E-state index is 11.5. The molecule has 1 aliphatic rings. The van der Waals surface area contributed by atoms with Crippen LogP contribution in [-0.4, -0.2) is 51.9 Å². The fourth-order valence-corrected chi connectivity index (χ4v) is 2.37. The molecule has 0 aromatic rings. The third-order valence-corrected chi connectivity index (χ3v) is 3.30. The molecule has 0 aromatic carbocycles. The second-order valence-electron chi connectivity index (χ2n) is 3.48. The van der Waals surface area contributed by atoms with Gasteiger partial charge in [-0.3, -0.25) is 4.79 Å². The molecule has 0 aliphatic carbocycles. The van der Waals surface area contributed by atoms with E-state index >= 15 is 0 Å². The van der Waals surface area contributed by atoms with Crippen molar-refractivity contribution in [2.75, 3.05) is 18.6 Å². The van der Waals surface area contributed by atoms with Crippen LogP contribution in [0.4, 0.5) is 0 Å². The molecule has 6 heteroatoms. The van der Waals surface area contributed by atoms with Gasteiger partial charge in [0, 0.05) is 13.0 Å². The van der Waals surface area contributed by atoms with E-state index in [9.17, 15) is 9.59 Å². The third-order valence-electron chi connectivity index (χ3n) is 2.37. The molecule has 2 atom stereocenters. The zero-order valence-electron chi connectivity index (χ0n) is 8.48. The van der Waals surface area contributed by atoms with Crippen LogP contribution in [0.5, 0.6) is 0 Å². The van der Waals surface area contributed by atoms with Crippen molar-refractivity contribution < 1.29 is 14.7 Å². The molecule has 0 aromatic heterocycles. The van der Waals surface area contributed by atoms with Crippen molar-refractivity contribution in [3.8, 4) is 0 Å². The third kappa shape index (κ3) is 3.28. The van der Waals surface area contributed by atoms with Crippen molar-refractivity contribution in [2.24, 2.45) is 0 Å². The van der Waals surface area contributed by atoms with Crippen molar-refractivity contribution in [1.82, 2.24) is 4.90 Å². The SMILES string of the molecule is CSCCC(C(=O)O)N1CC(Cl)CC1=O. The Morgan fingerprint density at radius 3 is 2.87 bits per heavy atom. The standard InChI is InChI=1S/C9H14ClNO3S/c1-15-3-2-7(9(13)14)11-5-6(10)4-8(11)12/h6-7H,2-5H2,1H3,(H,13,14). The molecule has 1 rings (SSSR count). The van der Waals surface area contributed by atoms with Crippen LogP contribution in [0.1, 0.15) is 12.8 Å². The lowest BCUT2D eigenvalue weighted by atomic mass is 10.2. The lowest BCUT2D eigenvalue weighted by Gasteiger charge is -2.23. The Morgan fingerprint density at radius 1 is 1.80 bits per heavy atom. The van der Waals surface area contributed by atoms with E-state index in [1.54, 1.807) is 11.8 Å². The highest BCUT2D eigenvalue weighted by Gasteiger charge is 2.36. The van der Waals surface area contributed by atoms with Gasteiger partial charge in [0.25, 0.3) is 0 Å². The molecule has 2 unspecified atom stereocenters. The predicted octanol–water partition coefficient (Wildman–Crippen LogP) is 1.03. The first-order chi connectivity index (χ1) is 7.06. The molecule has 0 spiro atoms. The van der Waals surface area contributed by atoms with Gasteiger partial charge in [-0.1, -0.05) is 0 Å². The normalized spacial score (nSPS) is 23.2. The fraction of sp³-hybridized carbons (Fsp3) is 0.778. The molecule has 0 radical (unpaired) electrons. The van der Waals surface area contributed by atoms with Crippen LogP contribution in [0, 0.1) is 0 Å². The van der Waals surface area contributed by atoms with E-state index in [-0.39, 0.29) is 17.7 Å². The highest BCUT2D eigenvalue weighted by atomic mass is 35.5. The number of halogens is 1. The molecule has 4 nitrogen and oxygen atoms in total. The highest BCUT2D eigenvalue weighted by molar-refractivity contribution is 7.98. The molecular formula is C9H14ClNO3S. The Kier molecular flexibility index (Phi) is 4.73. The van der Waals surface area contributed by atoms with Crippen LogP contribution in [0.2, 0.25) is 0 Å². The number of aliphatic carboxylic acids is 1. The van der Waals surface area contributed by atoms with E-state index in [1.165, 1.54) is 4.90 Å². The molecule has 1 N–H and O–H groups in total. The molecule has 1 fully saturated rings. The second kappa shape index (κ2) is 5.61. The fourth-order valence-electron chi connectivity index (χ4n) is 1.63. The van der Waals surface area contributed by atoms with Crippen LogP contribution in [0.15, 0.2) is 0 Å². The summed E-state index contributed by atoms with van der Waals surface area (Å²) < 4.78 is 0. The van der Waals surface area contributed by atoms with Crippen molar-refractivity contribution in [2.45, 2.75) is 24.3 Å². The maximum absolute atomic E-state index is 11.5. The second-order valence-corrected chi connectivity index (χ2v) is 5.09. The number of likely N-dealkylation sites (tertiary alicyclic amines) is 1. The zero-order chi connectivity index (χ0) is 11.4. The van der Waals surface area contributed by atoms with Gasteiger partial charge >= 0.3 is 5.97 Å². The van der Waals surface area contributed by atoms with E-state index in [0.717, 1.165) is 5.75 Å². The number of carboxylic acids is 1. The molecule has 1 saturated heterocycles. The number of hydrogen-bond donors (Lipinski definition) is 1. The molecule has 1 aliphatic heterocycles. The first-order valence-corrected chi connectivity index (χ1v) is 6.54. The molecule has 15 heavy (non-hydrogen) atoms. The van der Waals surface area contributed by atoms with Crippen molar-refractivity contribution >= 4 is 35.2 Å². The van der Waals surface area contributed by atoms with Crippen LogP contribution in [-0.2, 0) is 9.59 Å². The summed E-state index contributed by atoms with van der Waals surface area (Å²) in [6.07, 6.45) is 2.64. The lowest BCUT2D eigenvalue weighted by Crippen LogP contribution is -2.42. The number of carbonyl (C=O) groups excluding carboxylic acids is 1. The van der Waals surface area contributed by atoms with Crippen LogP contribution in [0.25, 0.3) is 0 Å². The molecular weight excluding hydrogens is 238 g/mol. The van der Waals surface area contributed by atoms with Crippen molar-refractivity contribution in [3.05, 3.63) is 0 Å². The van der Waals surface area contributed by atoms with E-state index in [1.807, 2.05) is 6.26 Å². The smallest absolute Gasteiger partial charge is 0.326 e. The average molecular weight is 252 g/mol. The van der Waals surface area contributed by atoms with Gasteiger partial charge in [0.05, 0.1) is 5.38 Å². The van der Waals surface area contributed by atoms with Crippen LogP contribution >= 0.6 is 23.4 Å². The number of alkyl halides is 1. The Bertz CT molecular complexity index is 262. The minimum Gasteiger partial charge on any atom is -0.480 e. The number of rotatable bonds is 5. The van der Waals surface area contributed by atoms with Gasteiger partial charge in [0.2, 0.25) is 5.91 Å². The molecule has 0 saturated carbocycles. The van der Waals surface area contributed by atoms with Gasteiger partial charge in [-0.15, -0.1) is 11.6 Å². The number of hydrogen-bond acceptors (Lipinski definition) is 3. The van der Waals surface area contributed by atoms with Gasteiger partial charge in [-0.2, -0.15) is 11.8 Å². The molecule has 0 bridgehead atoms. The molecule has 1 heterocycles. The van der Waals surface area contributed by atoms with Crippen molar-refractivity contribution in [3.63, 3.8) is 0 Å². The Hall–Kier alpha value is -0.420. The van der Waals surface area contributed by atoms with Crippen LogP contribution < -0.4 is 0 Å². The van der Waals surface area contributed by atoms with E-state index < -0.39 is 12.0 Å². The van der Waals surface area contributed by atoms with E-state index in [0.29, 0.717) is 13.0 Å². The van der Waals surface area contributed by atoms with Crippen molar-refractivity contribution in [1.29, 1.82) is 0 Å². The van der Waals surface area contributed by atoms with Gasteiger partial charge < -0.3 is 10.0 Å². The van der Waals surface area contributed by atoms with E-state index in [2.05, 4.69) is 0 Å². The summed E-state index contributed by atoms with van der Waals surface area (Å²) in [6, 6.07) is -0.714. The number of amides is 1. The first-order valence-electron chi connectivity index (χ1n) is 4.71. The Labute approximate surface area is 98.0 Å². The topological polar surface area (TPSA) is 57.6 Å². The van der Waals surface area contributed by atoms with Gasteiger partial charge in [0.15, 0.2) is 0 Å². The summed E-state index contributed by atoms with van der Waals surface area (Å²) in [5.74, 6) is -0.361. The summed E-state index contributed by atoms with van der Waals surface area (Å²) in [5, 5.41) is 8.78.